The molecule has 4 heterocycles. The molecule has 9 nitrogen and oxygen atoms in total. The minimum Gasteiger partial charge on any atom is -0.310 e. The maximum absolute atomic E-state index is 12.2. The van der Waals surface area contributed by atoms with Crippen LogP contribution < -0.4 is 5.32 Å². The van der Waals surface area contributed by atoms with Crippen LogP contribution in [-0.4, -0.2) is 74.3 Å². The van der Waals surface area contributed by atoms with Crippen molar-refractivity contribution in [3.63, 3.8) is 0 Å². The summed E-state index contributed by atoms with van der Waals surface area (Å²) in [6.07, 6.45) is 3.60. The summed E-state index contributed by atoms with van der Waals surface area (Å²) in [4.78, 5) is 24.5. The number of piperidine rings is 1. The number of nitrogens with one attached hydrogen (secondary N) is 1. The summed E-state index contributed by atoms with van der Waals surface area (Å²) in [5.74, 6) is 2.38. The Balaban J connectivity index is 1.17. The average Bonchev–Trinajstić information content (AvgIpc) is 3.35. The molecule has 1 amide bonds. The monoisotopic (exact) mass is 403 g/mol. The van der Waals surface area contributed by atoms with Crippen molar-refractivity contribution in [3.05, 3.63) is 24.4 Å². The van der Waals surface area contributed by atoms with Crippen LogP contribution in [0.25, 0.3) is 0 Å². The summed E-state index contributed by atoms with van der Waals surface area (Å²) in [5.41, 5.74) is 0. The van der Waals surface area contributed by atoms with E-state index in [1.54, 1.807) is 12.3 Å². The number of aromatic nitrogens is 3. The van der Waals surface area contributed by atoms with Gasteiger partial charge in [-0.2, -0.15) is 5.26 Å². The normalized spacial score (nSPS) is 21.8. The van der Waals surface area contributed by atoms with Gasteiger partial charge >= 0.3 is 0 Å². The lowest BCUT2D eigenvalue weighted by atomic mass is 10.1. The Bertz CT molecular complexity index is 800. The molecular formula is C18H25N7O2S. The quantitative estimate of drug-likeness (QED) is 0.748. The van der Waals surface area contributed by atoms with Crippen molar-refractivity contribution >= 4 is 23.5 Å². The molecule has 10 heteroatoms. The molecule has 28 heavy (non-hydrogen) atoms. The first-order valence-corrected chi connectivity index (χ1v) is 10.8. The summed E-state index contributed by atoms with van der Waals surface area (Å²) in [5, 5.41) is 12.0. The molecule has 0 saturated carbocycles. The number of carbonyl (C=O) groups is 1. The van der Waals surface area contributed by atoms with E-state index >= 15 is 0 Å². The van der Waals surface area contributed by atoms with Crippen LogP contribution in [-0.2, 0) is 11.3 Å². The van der Waals surface area contributed by atoms with Crippen LogP contribution in [0.4, 0.5) is 5.82 Å². The van der Waals surface area contributed by atoms with Crippen molar-refractivity contribution < 1.29 is 9.42 Å². The highest BCUT2D eigenvalue weighted by Crippen LogP contribution is 2.25. The number of hydrogen-bond donors (Lipinski definition) is 1. The minimum atomic E-state index is -0.0303. The highest BCUT2D eigenvalue weighted by Gasteiger charge is 2.30. The number of amides is 1. The average molecular weight is 404 g/mol. The predicted octanol–water partition coefficient (Wildman–Crippen LogP) is 1.45. The highest BCUT2D eigenvalue weighted by molar-refractivity contribution is 7.99. The fourth-order valence-corrected chi connectivity index (χ4v) is 4.78. The fourth-order valence-electron chi connectivity index (χ4n) is 3.62. The van der Waals surface area contributed by atoms with Gasteiger partial charge in [-0.1, -0.05) is 15.8 Å². The lowest BCUT2D eigenvalue weighted by molar-refractivity contribution is -0.117. The number of anilines is 1. The maximum Gasteiger partial charge on any atom is 0.239 e. The summed E-state index contributed by atoms with van der Waals surface area (Å²) >= 11 is 1.81. The first-order valence-electron chi connectivity index (χ1n) is 9.62. The molecule has 150 valence electrons. The van der Waals surface area contributed by atoms with Crippen molar-refractivity contribution in [1.29, 1.82) is 5.26 Å². The molecule has 2 fully saturated rings. The summed E-state index contributed by atoms with van der Waals surface area (Å²) in [6, 6.07) is 8.21. The van der Waals surface area contributed by atoms with Gasteiger partial charge in [0.2, 0.25) is 5.91 Å². The number of rotatable bonds is 7. The number of pyridine rings is 1. The third-order valence-electron chi connectivity index (χ3n) is 5.24. The number of nitrogens with zero attached hydrogens (tertiary/aromatic N) is 6. The Morgan fingerprint density at radius 1 is 1.36 bits per heavy atom. The molecule has 1 N–H and O–H groups in total. The second-order valence-corrected chi connectivity index (χ2v) is 8.19. The standard InChI is InChI=1S/C18H25N7O2S/c19-11-16-13-28-14-23(16)9-10-24-25(27-24)15-4-7-22(8-5-15)12-18(26)21-17-3-1-2-6-20-17/h1-3,6,15-16H,4-5,7-10,12-14H2,(H,20,21,26). The summed E-state index contributed by atoms with van der Waals surface area (Å²) in [6.45, 7) is 3.75. The molecule has 1 atom stereocenters. The Morgan fingerprint density at radius 2 is 2.21 bits per heavy atom. The lowest BCUT2D eigenvalue weighted by Crippen LogP contribution is -2.39. The molecule has 0 bridgehead atoms. The molecular weight excluding hydrogens is 378 g/mol. The molecule has 0 radical (unpaired) electrons. The van der Waals surface area contributed by atoms with Gasteiger partial charge in [-0.25, -0.2) is 4.98 Å². The molecule has 1 unspecified atom stereocenters. The van der Waals surface area contributed by atoms with Gasteiger partial charge in [-0.15, -0.1) is 11.8 Å². The van der Waals surface area contributed by atoms with Gasteiger partial charge in [0.05, 0.1) is 25.2 Å². The first kappa shape index (κ1) is 19.1. The van der Waals surface area contributed by atoms with Gasteiger partial charge in [0.1, 0.15) is 11.9 Å². The second-order valence-electron chi connectivity index (χ2n) is 7.19. The largest absolute Gasteiger partial charge is 0.310 e. The molecule has 0 spiro atoms. The predicted molar refractivity (Wildman–Crippen MR) is 106 cm³/mol. The van der Waals surface area contributed by atoms with Gasteiger partial charge in [-0.05, 0) is 25.0 Å². The molecule has 2 aromatic rings. The van der Waals surface area contributed by atoms with Crippen molar-refractivity contribution in [2.24, 2.45) is 0 Å². The van der Waals surface area contributed by atoms with E-state index in [2.05, 4.69) is 26.2 Å². The maximum atomic E-state index is 12.2. The first-order chi connectivity index (χ1) is 13.7. The topological polar surface area (TPSA) is 95.3 Å². The van der Waals surface area contributed by atoms with E-state index in [1.807, 2.05) is 33.6 Å². The highest BCUT2D eigenvalue weighted by atomic mass is 32.2. The molecule has 2 aliphatic heterocycles. The van der Waals surface area contributed by atoms with E-state index in [-0.39, 0.29) is 11.9 Å². The van der Waals surface area contributed by atoms with E-state index in [0.29, 0.717) is 18.4 Å². The Kier molecular flexibility index (Phi) is 6.04. The van der Waals surface area contributed by atoms with Crippen LogP contribution in [0.1, 0.15) is 18.9 Å². The van der Waals surface area contributed by atoms with Crippen LogP contribution in [0.2, 0.25) is 0 Å². The zero-order valence-electron chi connectivity index (χ0n) is 15.7. The lowest BCUT2D eigenvalue weighted by Gasteiger charge is -2.29. The molecule has 2 aromatic heterocycles. The number of thioether (sulfide) groups is 1. The Hall–Kier alpha value is -2.22. The van der Waals surface area contributed by atoms with E-state index in [4.69, 9.17) is 9.89 Å². The van der Waals surface area contributed by atoms with Gasteiger partial charge in [0.25, 0.3) is 0 Å². The molecule has 2 aliphatic rings. The van der Waals surface area contributed by atoms with Crippen molar-refractivity contribution in [2.75, 3.05) is 43.1 Å². The van der Waals surface area contributed by atoms with Gasteiger partial charge < -0.3 is 5.32 Å². The molecule has 0 aliphatic carbocycles. The van der Waals surface area contributed by atoms with Crippen molar-refractivity contribution in [3.8, 4) is 6.07 Å². The SMILES string of the molecule is N#CC1CSCN1CCn1on1C1CCN(CC(=O)Nc2ccccn2)CC1. The van der Waals surface area contributed by atoms with E-state index in [1.165, 1.54) is 0 Å². The van der Waals surface area contributed by atoms with Crippen LogP contribution in [0, 0.1) is 11.3 Å². The van der Waals surface area contributed by atoms with E-state index in [0.717, 1.165) is 50.7 Å². The number of nitriles is 1. The fraction of sp³-hybridized carbons (Fsp3) is 0.611. The summed E-state index contributed by atoms with van der Waals surface area (Å²) in [7, 11) is 0. The second kappa shape index (κ2) is 8.86. The smallest absolute Gasteiger partial charge is 0.239 e. The molecule has 2 saturated heterocycles. The van der Waals surface area contributed by atoms with Gasteiger partial charge in [-0.3, -0.25) is 19.2 Å². The number of likely N-dealkylation sites (tertiary alicyclic amines) is 1. The van der Waals surface area contributed by atoms with Crippen molar-refractivity contribution in [1.82, 2.24) is 24.5 Å². The van der Waals surface area contributed by atoms with Crippen LogP contribution >= 0.6 is 11.8 Å². The van der Waals surface area contributed by atoms with Crippen LogP contribution in [0.15, 0.2) is 29.0 Å². The zero-order chi connectivity index (χ0) is 19.3. The summed E-state index contributed by atoms with van der Waals surface area (Å²) < 4.78 is 5.62. The van der Waals surface area contributed by atoms with E-state index in [9.17, 15) is 4.79 Å². The van der Waals surface area contributed by atoms with Crippen molar-refractivity contribution in [2.45, 2.75) is 31.5 Å². The van der Waals surface area contributed by atoms with Crippen LogP contribution in [0.5, 0.6) is 0 Å². The Labute approximate surface area is 168 Å². The van der Waals surface area contributed by atoms with Gasteiger partial charge in [0.15, 0.2) is 0 Å². The minimum absolute atomic E-state index is 0.0267. The van der Waals surface area contributed by atoms with Crippen LogP contribution in [0.3, 0.4) is 0 Å². The molecule has 0 aromatic carbocycles. The molecule has 4 rings (SSSR count). The third-order valence-corrected chi connectivity index (χ3v) is 6.31. The number of carbonyl (C=O) groups excluding carboxylic acids is 1. The third kappa shape index (κ3) is 4.79. The van der Waals surface area contributed by atoms with E-state index < -0.39 is 0 Å². The van der Waals surface area contributed by atoms with Gasteiger partial charge in [0, 0.05) is 37.5 Å². The number of hydrogen-bond acceptors (Lipinski definition) is 7. The Morgan fingerprint density at radius 3 is 2.96 bits per heavy atom. The zero-order valence-corrected chi connectivity index (χ0v) is 16.6.